The second-order valence-corrected chi connectivity index (χ2v) is 1.73. The number of hydrogen-bond acceptors (Lipinski definition) is 2. The fraction of sp³-hybridized carbons (Fsp3) is 0.500. The molecular formula is C4H2ClF2NO. The predicted molar refractivity (Wildman–Crippen MR) is 26.0 cm³/mol. The lowest BCUT2D eigenvalue weighted by atomic mass is 10.3. The number of halogens is 3. The summed E-state index contributed by atoms with van der Waals surface area (Å²) >= 11 is 4.23. The van der Waals surface area contributed by atoms with Gasteiger partial charge in [-0.05, 0) is 11.6 Å². The molecule has 0 aliphatic carbocycles. The lowest BCUT2D eigenvalue weighted by Crippen LogP contribution is -2.20. The molecule has 5 heteroatoms. The van der Waals surface area contributed by atoms with Crippen molar-refractivity contribution in [1.82, 2.24) is 0 Å². The van der Waals surface area contributed by atoms with Crippen molar-refractivity contribution in [2.75, 3.05) is 0 Å². The van der Waals surface area contributed by atoms with Crippen LogP contribution in [0.25, 0.3) is 0 Å². The van der Waals surface area contributed by atoms with Crippen LogP contribution in [0, 0.1) is 11.3 Å². The van der Waals surface area contributed by atoms with Gasteiger partial charge in [-0.2, -0.15) is 14.0 Å². The van der Waals surface area contributed by atoms with Gasteiger partial charge in [0.1, 0.15) is 6.42 Å². The van der Waals surface area contributed by atoms with Gasteiger partial charge in [0, 0.05) is 0 Å². The number of nitriles is 1. The quantitative estimate of drug-likeness (QED) is 0.561. The number of Topliss-reactive ketones (excluding diaryl/α,β-unsaturated/α-hetero) is 1. The van der Waals surface area contributed by atoms with Crippen molar-refractivity contribution >= 4 is 17.4 Å². The summed E-state index contributed by atoms with van der Waals surface area (Å²) in [6.07, 6.45) is -0.851. The van der Waals surface area contributed by atoms with E-state index in [4.69, 9.17) is 5.26 Å². The predicted octanol–water partition coefficient (Wildman–Crippen LogP) is 1.30. The highest BCUT2D eigenvalue weighted by Gasteiger charge is 2.34. The second-order valence-electron chi connectivity index (χ2n) is 1.26. The summed E-state index contributed by atoms with van der Waals surface area (Å²) < 4.78 is 23.1. The van der Waals surface area contributed by atoms with Crippen molar-refractivity contribution in [2.45, 2.75) is 11.8 Å². The van der Waals surface area contributed by atoms with E-state index < -0.39 is 17.6 Å². The molecule has 0 aromatic heterocycles. The highest BCUT2D eigenvalue weighted by molar-refractivity contribution is 6.32. The van der Waals surface area contributed by atoms with Gasteiger partial charge in [0.25, 0.3) is 0 Å². The Bertz CT molecular complexity index is 157. The summed E-state index contributed by atoms with van der Waals surface area (Å²) in [5.41, 5.74) is 0. The number of rotatable bonds is 2. The number of nitrogens with zero attached hydrogens (tertiary/aromatic N) is 1. The van der Waals surface area contributed by atoms with Gasteiger partial charge in [-0.1, -0.05) is 0 Å². The minimum Gasteiger partial charge on any atom is -0.290 e. The lowest BCUT2D eigenvalue weighted by molar-refractivity contribution is -0.132. The first kappa shape index (κ1) is 8.31. The van der Waals surface area contributed by atoms with Gasteiger partial charge in [-0.25, -0.2) is 0 Å². The molecule has 9 heavy (non-hydrogen) atoms. The highest BCUT2D eigenvalue weighted by Crippen LogP contribution is 2.20. The molecule has 0 N–H and O–H groups in total. The average Bonchev–Trinajstić information content (AvgIpc) is 1.64. The molecular weight excluding hydrogens is 151 g/mol. The Balaban J connectivity index is 3.93. The SMILES string of the molecule is N#CCC(=O)C(F)(F)Cl. The van der Waals surface area contributed by atoms with E-state index >= 15 is 0 Å². The average molecular weight is 154 g/mol. The van der Waals surface area contributed by atoms with E-state index in [0.717, 1.165) is 0 Å². The third-order valence-electron chi connectivity index (χ3n) is 0.556. The van der Waals surface area contributed by atoms with Crippen LogP contribution in [0.4, 0.5) is 8.78 Å². The molecule has 0 rings (SSSR count). The van der Waals surface area contributed by atoms with Crippen LogP contribution in [0.3, 0.4) is 0 Å². The smallest absolute Gasteiger partial charge is 0.290 e. The second kappa shape index (κ2) is 2.74. The number of hydrogen-bond donors (Lipinski definition) is 0. The molecule has 0 saturated heterocycles. The number of ketones is 1. The first-order valence-electron chi connectivity index (χ1n) is 1.95. The van der Waals surface area contributed by atoms with Crippen LogP contribution in [-0.4, -0.2) is 11.2 Å². The molecule has 0 atom stereocenters. The molecule has 50 valence electrons. The van der Waals surface area contributed by atoms with E-state index in [9.17, 15) is 13.6 Å². The van der Waals surface area contributed by atoms with Crippen molar-refractivity contribution in [1.29, 1.82) is 5.26 Å². The van der Waals surface area contributed by atoms with Crippen molar-refractivity contribution < 1.29 is 13.6 Å². The maximum Gasteiger partial charge on any atom is 0.381 e. The van der Waals surface area contributed by atoms with Crippen LogP contribution in [-0.2, 0) is 4.79 Å². The van der Waals surface area contributed by atoms with Gasteiger partial charge in [0.15, 0.2) is 0 Å². The molecule has 0 aliphatic heterocycles. The van der Waals surface area contributed by atoms with Crippen LogP contribution < -0.4 is 0 Å². The zero-order valence-corrected chi connectivity index (χ0v) is 4.95. The molecule has 0 aliphatic rings. The van der Waals surface area contributed by atoms with Crippen molar-refractivity contribution in [3.05, 3.63) is 0 Å². The largest absolute Gasteiger partial charge is 0.381 e. The number of carbonyl (C=O) groups excluding carboxylic acids is 1. The van der Waals surface area contributed by atoms with Gasteiger partial charge in [0.2, 0.25) is 5.78 Å². The summed E-state index contributed by atoms with van der Waals surface area (Å²) in [5, 5.41) is 3.86. The standard InChI is InChI=1S/C4H2ClF2NO/c5-4(6,7)3(9)1-2-8/h1H2. The van der Waals surface area contributed by atoms with Crippen molar-refractivity contribution in [3.63, 3.8) is 0 Å². The Labute approximate surface area is 55.0 Å². The third-order valence-corrected chi connectivity index (χ3v) is 0.767. The van der Waals surface area contributed by atoms with E-state index in [-0.39, 0.29) is 0 Å². The monoisotopic (exact) mass is 153 g/mol. The summed E-state index contributed by atoms with van der Waals surface area (Å²) in [4.78, 5) is 9.96. The Kier molecular flexibility index (Phi) is 2.53. The molecule has 0 aromatic rings. The molecule has 0 unspecified atom stereocenters. The van der Waals surface area contributed by atoms with Gasteiger partial charge in [0.05, 0.1) is 6.07 Å². The van der Waals surface area contributed by atoms with Crippen LogP contribution in [0.1, 0.15) is 6.42 Å². The Morgan fingerprint density at radius 2 is 2.22 bits per heavy atom. The lowest BCUT2D eigenvalue weighted by Gasteiger charge is -2.00. The van der Waals surface area contributed by atoms with Gasteiger partial charge in [-0.15, -0.1) is 0 Å². The van der Waals surface area contributed by atoms with Crippen LogP contribution in [0.5, 0.6) is 0 Å². The fourth-order valence-corrected chi connectivity index (χ4v) is 0.239. The van der Waals surface area contributed by atoms with E-state index in [0.29, 0.717) is 0 Å². The van der Waals surface area contributed by atoms with Gasteiger partial charge in [-0.3, -0.25) is 4.79 Å². The zero-order valence-electron chi connectivity index (χ0n) is 4.20. The first-order valence-corrected chi connectivity index (χ1v) is 2.33. The molecule has 0 spiro atoms. The summed E-state index contributed by atoms with van der Waals surface area (Å²) in [6, 6.07) is 1.26. The van der Waals surface area contributed by atoms with Crippen LogP contribution >= 0.6 is 11.6 Å². The molecule has 0 fully saturated rings. The fourth-order valence-electron chi connectivity index (χ4n) is 0.172. The Hall–Kier alpha value is -0.690. The number of alkyl halides is 3. The molecule has 0 heterocycles. The zero-order chi connectivity index (χ0) is 7.49. The summed E-state index contributed by atoms with van der Waals surface area (Å²) in [5.74, 6) is -1.56. The number of carbonyl (C=O) groups is 1. The molecule has 0 saturated carbocycles. The first-order chi connectivity index (χ1) is 3.98. The van der Waals surface area contributed by atoms with E-state index in [1.54, 1.807) is 0 Å². The van der Waals surface area contributed by atoms with Crippen LogP contribution in [0.2, 0.25) is 0 Å². The summed E-state index contributed by atoms with van der Waals surface area (Å²) in [6.45, 7) is 0. The van der Waals surface area contributed by atoms with E-state index in [1.165, 1.54) is 6.07 Å². The third kappa shape index (κ3) is 2.98. The van der Waals surface area contributed by atoms with E-state index in [2.05, 4.69) is 11.6 Å². The maximum atomic E-state index is 11.6. The molecule has 0 amide bonds. The molecule has 0 aromatic carbocycles. The van der Waals surface area contributed by atoms with Crippen molar-refractivity contribution in [3.8, 4) is 6.07 Å². The summed E-state index contributed by atoms with van der Waals surface area (Å²) in [7, 11) is 0. The molecule has 0 radical (unpaired) electrons. The molecule has 0 bridgehead atoms. The highest BCUT2D eigenvalue weighted by atomic mass is 35.5. The normalized spacial score (nSPS) is 10.4. The topological polar surface area (TPSA) is 40.9 Å². The van der Waals surface area contributed by atoms with Crippen LogP contribution in [0.15, 0.2) is 0 Å². The van der Waals surface area contributed by atoms with Gasteiger partial charge < -0.3 is 0 Å². The Morgan fingerprint density at radius 1 is 1.78 bits per heavy atom. The minimum atomic E-state index is -3.88. The van der Waals surface area contributed by atoms with Crippen molar-refractivity contribution in [2.24, 2.45) is 0 Å². The Morgan fingerprint density at radius 3 is 2.33 bits per heavy atom. The van der Waals surface area contributed by atoms with E-state index in [1.807, 2.05) is 0 Å². The van der Waals surface area contributed by atoms with Gasteiger partial charge >= 0.3 is 5.38 Å². The molecule has 2 nitrogen and oxygen atoms in total. The minimum absolute atomic E-state index is 0.851. The maximum absolute atomic E-state index is 11.6.